The van der Waals surface area contributed by atoms with Crippen molar-refractivity contribution >= 4 is 5.78 Å². The summed E-state index contributed by atoms with van der Waals surface area (Å²) in [5.41, 5.74) is 1.42. The number of carbonyl (C=O) groups excluding carboxylic acids is 1. The molecule has 0 radical (unpaired) electrons. The topological polar surface area (TPSA) is 17.1 Å². The highest BCUT2D eigenvalue weighted by molar-refractivity contribution is 6.08. The van der Waals surface area contributed by atoms with E-state index in [1.165, 1.54) is 6.08 Å². The Hall–Kier alpha value is -1.37. The fourth-order valence-electron chi connectivity index (χ4n) is 0.808. The molecule has 0 heterocycles. The molecule has 0 aromatic rings. The van der Waals surface area contributed by atoms with Gasteiger partial charge in [0.05, 0.1) is 0 Å². The van der Waals surface area contributed by atoms with Gasteiger partial charge in [-0.05, 0) is 11.6 Å². The van der Waals surface area contributed by atoms with Gasteiger partial charge in [0.15, 0.2) is 5.78 Å². The monoisotopic (exact) mass is 132 g/mol. The minimum Gasteiger partial charge on any atom is -0.289 e. The van der Waals surface area contributed by atoms with Crippen molar-refractivity contribution in [2.24, 2.45) is 0 Å². The second kappa shape index (κ2) is 2.48. The van der Waals surface area contributed by atoms with Crippen LogP contribution in [0.25, 0.3) is 0 Å². The molecule has 0 fully saturated rings. The van der Waals surface area contributed by atoms with Crippen LogP contribution in [0.15, 0.2) is 48.6 Å². The highest BCUT2D eigenvalue weighted by Crippen LogP contribution is 2.16. The SMILES string of the molecule is C=CC(=O)C1=CC=CC1=C. The van der Waals surface area contributed by atoms with Gasteiger partial charge in [-0.25, -0.2) is 0 Å². The molecule has 10 heavy (non-hydrogen) atoms. The van der Waals surface area contributed by atoms with E-state index >= 15 is 0 Å². The van der Waals surface area contributed by atoms with Crippen LogP contribution >= 0.6 is 0 Å². The fourth-order valence-corrected chi connectivity index (χ4v) is 0.808. The van der Waals surface area contributed by atoms with Crippen LogP contribution < -0.4 is 0 Å². The zero-order valence-electron chi connectivity index (χ0n) is 5.63. The van der Waals surface area contributed by atoms with Crippen LogP contribution in [0.1, 0.15) is 0 Å². The fraction of sp³-hybridized carbons (Fsp3) is 0. The Morgan fingerprint density at radius 1 is 1.60 bits per heavy atom. The minimum atomic E-state index is -0.0602. The molecule has 1 rings (SSSR count). The number of hydrogen-bond acceptors (Lipinski definition) is 1. The zero-order chi connectivity index (χ0) is 7.56. The molecule has 0 spiro atoms. The predicted octanol–water partition coefficient (Wildman–Crippen LogP) is 1.79. The van der Waals surface area contributed by atoms with Crippen LogP contribution in [0.2, 0.25) is 0 Å². The lowest BCUT2D eigenvalue weighted by Crippen LogP contribution is -1.95. The van der Waals surface area contributed by atoms with Gasteiger partial charge in [-0.15, -0.1) is 0 Å². The average Bonchev–Trinajstić information content (AvgIpc) is 2.34. The van der Waals surface area contributed by atoms with E-state index in [0.717, 1.165) is 5.57 Å². The number of allylic oxidation sites excluding steroid dienone is 6. The highest BCUT2D eigenvalue weighted by atomic mass is 16.1. The average molecular weight is 132 g/mol. The van der Waals surface area contributed by atoms with Crippen molar-refractivity contribution in [1.82, 2.24) is 0 Å². The summed E-state index contributed by atoms with van der Waals surface area (Å²) in [7, 11) is 0. The molecule has 0 N–H and O–H groups in total. The molecule has 0 bridgehead atoms. The first kappa shape index (κ1) is 6.75. The van der Waals surface area contributed by atoms with Crippen LogP contribution in [-0.2, 0) is 4.79 Å². The van der Waals surface area contributed by atoms with Gasteiger partial charge in [0.2, 0.25) is 0 Å². The maximum Gasteiger partial charge on any atom is 0.185 e. The number of ketones is 1. The Bertz CT molecular complexity index is 254. The second-order valence-corrected chi connectivity index (χ2v) is 2.03. The molecule has 0 atom stereocenters. The molecule has 1 aliphatic carbocycles. The van der Waals surface area contributed by atoms with Gasteiger partial charge < -0.3 is 0 Å². The van der Waals surface area contributed by atoms with E-state index in [-0.39, 0.29) is 5.78 Å². The third-order valence-corrected chi connectivity index (χ3v) is 1.36. The smallest absolute Gasteiger partial charge is 0.185 e. The summed E-state index contributed by atoms with van der Waals surface area (Å²) < 4.78 is 0. The molecule has 1 heteroatoms. The molecule has 0 unspecified atom stereocenters. The first-order valence-electron chi connectivity index (χ1n) is 3.00. The molecule has 0 amide bonds. The Balaban J connectivity index is 2.87. The summed E-state index contributed by atoms with van der Waals surface area (Å²) >= 11 is 0. The van der Waals surface area contributed by atoms with E-state index < -0.39 is 0 Å². The molecule has 0 aliphatic heterocycles. The van der Waals surface area contributed by atoms with Gasteiger partial charge in [-0.1, -0.05) is 31.4 Å². The highest BCUT2D eigenvalue weighted by Gasteiger charge is 2.09. The van der Waals surface area contributed by atoms with E-state index in [1.807, 2.05) is 0 Å². The Morgan fingerprint density at radius 3 is 2.70 bits per heavy atom. The molecule has 1 aliphatic rings. The van der Waals surface area contributed by atoms with Crippen LogP contribution in [0, 0.1) is 0 Å². The molecule has 0 aromatic heterocycles. The van der Waals surface area contributed by atoms with Crippen LogP contribution in [0.3, 0.4) is 0 Å². The lowest BCUT2D eigenvalue weighted by atomic mass is 10.1. The summed E-state index contributed by atoms with van der Waals surface area (Å²) in [6.07, 6.45) is 6.64. The summed E-state index contributed by atoms with van der Waals surface area (Å²) in [6, 6.07) is 0. The Labute approximate surface area is 60.1 Å². The number of hydrogen-bond donors (Lipinski definition) is 0. The summed E-state index contributed by atoms with van der Waals surface area (Å²) in [5.74, 6) is -0.0602. The summed E-state index contributed by atoms with van der Waals surface area (Å²) in [5, 5.41) is 0. The van der Waals surface area contributed by atoms with E-state index in [1.54, 1.807) is 18.2 Å². The third-order valence-electron chi connectivity index (χ3n) is 1.36. The predicted molar refractivity (Wildman–Crippen MR) is 41.6 cm³/mol. The molecule has 0 aromatic carbocycles. The van der Waals surface area contributed by atoms with Crippen molar-refractivity contribution in [3.8, 4) is 0 Å². The minimum absolute atomic E-state index is 0.0602. The maximum absolute atomic E-state index is 10.9. The van der Waals surface area contributed by atoms with E-state index in [9.17, 15) is 4.79 Å². The van der Waals surface area contributed by atoms with Crippen molar-refractivity contribution in [3.63, 3.8) is 0 Å². The Kier molecular flexibility index (Phi) is 1.67. The molecule has 0 saturated heterocycles. The van der Waals surface area contributed by atoms with Gasteiger partial charge in [0.25, 0.3) is 0 Å². The van der Waals surface area contributed by atoms with Crippen molar-refractivity contribution in [3.05, 3.63) is 48.6 Å². The quantitative estimate of drug-likeness (QED) is 0.523. The van der Waals surface area contributed by atoms with Crippen LogP contribution in [-0.4, -0.2) is 5.78 Å². The van der Waals surface area contributed by atoms with Crippen molar-refractivity contribution in [2.75, 3.05) is 0 Å². The van der Waals surface area contributed by atoms with E-state index in [2.05, 4.69) is 13.2 Å². The first-order chi connectivity index (χ1) is 4.75. The van der Waals surface area contributed by atoms with Gasteiger partial charge in [-0.2, -0.15) is 0 Å². The number of rotatable bonds is 2. The molecular formula is C9H8O. The normalized spacial score (nSPS) is 15.2. The summed E-state index contributed by atoms with van der Waals surface area (Å²) in [6.45, 7) is 7.06. The lowest BCUT2D eigenvalue weighted by molar-refractivity contribution is -0.111. The van der Waals surface area contributed by atoms with E-state index in [4.69, 9.17) is 0 Å². The van der Waals surface area contributed by atoms with Crippen LogP contribution in [0.4, 0.5) is 0 Å². The summed E-state index contributed by atoms with van der Waals surface area (Å²) in [4.78, 5) is 10.9. The van der Waals surface area contributed by atoms with Crippen LogP contribution in [0.5, 0.6) is 0 Å². The first-order valence-corrected chi connectivity index (χ1v) is 3.00. The molecule has 0 saturated carbocycles. The zero-order valence-corrected chi connectivity index (χ0v) is 5.63. The van der Waals surface area contributed by atoms with Gasteiger partial charge in [0.1, 0.15) is 0 Å². The van der Waals surface area contributed by atoms with Gasteiger partial charge >= 0.3 is 0 Å². The molecular weight excluding hydrogens is 124 g/mol. The standard InChI is InChI=1S/C9H8O/c1-3-9(10)8-6-4-5-7(8)2/h3-6H,1-2H2. The van der Waals surface area contributed by atoms with Gasteiger partial charge in [-0.3, -0.25) is 4.79 Å². The largest absolute Gasteiger partial charge is 0.289 e. The lowest BCUT2D eigenvalue weighted by Gasteiger charge is -1.94. The number of carbonyl (C=O) groups is 1. The van der Waals surface area contributed by atoms with Crippen molar-refractivity contribution in [2.45, 2.75) is 0 Å². The molecule has 1 nitrogen and oxygen atoms in total. The molecule has 50 valence electrons. The van der Waals surface area contributed by atoms with E-state index in [0.29, 0.717) is 5.57 Å². The maximum atomic E-state index is 10.9. The van der Waals surface area contributed by atoms with Crippen molar-refractivity contribution in [1.29, 1.82) is 0 Å². The third kappa shape index (κ3) is 0.982. The van der Waals surface area contributed by atoms with Gasteiger partial charge in [0, 0.05) is 5.57 Å². The Morgan fingerprint density at radius 2 is 2.30 bits per heavy atom. The second-order valence-electron chi connectivity index (χ2n) is 2.03. The van der Waals surface area contributed by atoms with Crippen molar-refractivity contribution < 1.29 is 4.79 Å².